The quantitative estimate of drug-likeness (QED) is 0.462. The number of nitrogens with zero attached hydrogens (tertiary/aromatic N) is 1. The third kappa shape index (κ3) is 2.63. The Kier molecular flexibility index (Phi) is 3.72. The van der Waals surface area contributed by atoms with Gasteiger partial charge in [0.2, 0.25) is 0 Å². The van der Waals surface area contributed by atoms with E-state index in [1.807, 2.05) is 36.4 Å². The Labute approximate surface area is 141 Å². The number of benzene rings is 3. The lowest BCUT2D eigenvalue weighted by Crippen LogP contribution is -1.87. The van der Waals surface area contributed by atoms with Crippen molar-refractivity contribution >= 4 is 33.8 Å². The van der Waals surface area contributed by atoms with Crippen molar-refractivity contribution in [2.75, 3.05) is 7.11 Å². The molecule has 0 N–H and O–H groups in total. The van der Waals surface area contributed by atoms with Crippen molar-refractivity contribution in [2.45, 2.75) is 0 Å². The van der Waals surface area contributed by atoms with E-state index in [1.165, 1.54) is 16.2 Å². The smallest absolute Gasteiger partial charge is 0.126 e. The van der Waals surface area contributed by atoms with Crippen LogP contribution >= 0.6 is 0 Å². The molecule has 24 heavy (non-hydrogen) atoms. The van der Waals surface area contributed by atoms with Crippen LogP contribution in [0.5, 0.6) is 5.75 Å². The summed E-state index contributed by atoms with van der Waals surface area (Å²) in [5.74, 6) is 0.862. The summed E-state index contributed by atoms with van der Waals surface area (Å²) in [6.07, 6.45) is 4.06. The highest BCUT2D eigenvalue weighted by Crippen LogP contribution is 2.25. The van der Waals surface area contributed by atoms with E-state index in [9.17, 15) is 0 Å². The van der Waals surface area contributed by atoms with Crippen molar-refractivity contribution in [3.8, 4) is 5.75 Å². The number of hydrogen-bond acceptors (Lipinski definition) is 2. The van der Waals surface area contributed by atoms with Gasteiger partial charge in [0.05, 0.1) is 18.3 Å². The van der Waals surface area contributed by atoms with Gasteiger partial charge in [0.1, 0.15) is 5.75 Å². The molecule has 0 saturated heterocycles. The van der Waals surface area contributed by atoms with Gasteiger partial charge < -0.3 is 4.74 Å². The fourth-order valence-corrected chi connectivity index (χ4v) is 2.97. The minimum atomic E-state index is 0.862. The van der Waals surface area contributed by atoms with Crippen LogP contribution in [0.2, 0.25) is 0 Å². The summed E-state index contributed by atoms with van der Waals surface area (Å²) in [4.78, 5) is 4.77. The number of ether oxygens (including phenoxy) is 1. The second kappa shape index (κ2) is 6.17. The molecule has 0 fully saturated rings. The summed E-state index contributed by atoms with van der Waals surface area (Å²) in [7, 11) is 1.69. The zero-order chi connectivity index (χ0) is 16.4. The zero-order valence-electron chi connectivity index (χ0n) is 13.4. The number of methoxy groups -OCH3 is 1. The lowest BCUT2D eigenvalue weighted by molar-refractivity contribution is 0.414. The van der Waals surface area contributed by atoms with Gasteiger partial charge in [-0.3, -0.25) is 0 Å². The number of aromatic nitrogens is 1. The third-order valence-electron chi connectivity index (χ3n) is 4.19. The molecule has 4 aromatic rings. The van der Waals surface area contributed by atoms with Gasteiger partial charge in [0, 0.05) is 10.9 Å². The summed E-state index contributed by atoms with van der Waals surface area (Å²) in [6.45, 7) is 0. The van der Waals surface area contributed by atoms with Gasteiger partial charge in [0.15, 0.2) is 0 Å². The summed E-state index contributed by atoms with van der Waals surface area (Å²) < 4.78 is 5.38. The van der Waals surface area contributed by atoms with Gasteiger partial charge in [-0.1, -0.05) is 54.6 Å². The normalized spacial score (nSPS) is 11.4. The van der Waals surface area contributed by atoms with Crippen LogP contribution in [0.1, 0.15) is 11.3 Å². The van der Waals surface area contributed by atoms with Crippen molar-refractivity contribution in [3.05, 3.63) is 84.1 Å². The Bertz CT molecular complexity index is 1050. The molecule has 0 unspecified atom stereocenters. The lowest BCUT2D eigenvalue weighted by Gasteiger charge is -2.05. The molecule has 0 aliphatic carbocycles. The van der Waals surface area contributed by atoms with E-state index in [4.69, 9.17) is 9.72 Å². The fourth-order valence-electron chi connectivity index (χ4n) is 2.97. The highest BCUT2D eigenvalue weighted by atomic mass is 16.5. The zero-order valence-corrected chi connectivity index (χ0v) is 13.4. The van der Waals surface area contributed by atoms with Crippen LogP contribution in [-0.2, 0) is 0 Å². The molecule has 3 aromatic carbocycles. The summed E-state index contributed by atoms with van der Waals surface area (Å²) in [5.41, 5.74) is 2.99. The molecule has 0 radical (unpaired) electrons. The minimum absolute atomic E-state index is 0.862. The molecule has 116 valence electrons. The van der Waals surface area contributed by atoms with Crippen molar-refractivity contribution < 1.29 is 4.74 Å². The third-order valence-corrected chi connectivity index (χ3v) is 4.19. The monoisotopic (exact) mass is 311 g/mol. The molecule has 4 rings (SSSR count). The first kappa shape index (κ1) is 14.5. The van der Waals surface area contributed by atoms with E-state index in [0.717, 1.165) is 22.5 Å². The van der Waals surface area contributed by atoms with Crippen LogP contribution in [0.4, 0.5) is 0 Å². The van der Waals surface area contributed by atoms with Gasteiger partial charge >= 0.3 is 0 Å². The summed E-state index contributed by atoms with van der Waals surface area (Å²) >= 11 is 0. The first-order valence-electron chi connectivity index (χ1n) is 7.95. The van der Waals surface area contributed by atoms with Crippen LogP contribution in [0.25, 0.3) is 33.8 Å². The van der Waals surface area contributed by atoms with Crippen molar-refractivity contribution in [3.63, 3.8) is 0 Å². The number of pyridine rings is 1. The van der Waals surface area contributed by atoms with Crippen LogP contribution in [0.15, 0.2) is 72.8 Å². The van der Waals surface area contributed by atoms with Crippen LogP contribution in [0, 0.1) is 0 Å². The van der Waals surface area contributed by atoms with E-state index in [-0.39, 0.29) is 0 Å². The Morgan fingerprint density at radius 1 is 0.750 bits per heavy atom. The maximum absolute atomic E-state index is 5.38. The second-order valence-corrected chi connectivity index (χ2v) is 5.66. The maximum Gasteiger partial charge on any atom is 0.126 e. The number of fused-ring (bicyclic) bond motifs is 3. The average molecular weight is 311 g/mol. The molecular formula is C22H17NO. The average Bonchev–Trinajstić information content (AvgIpc) is 2.66. The van der Waals surface area contributed by atoms with Crippen molar-refractivity contribution in [1.29, 1.82) is 0 Å². The Morgan fingerprint density at radius 2 is 1.58 bits per heavy atom. The van der Waals surface area contributed by atoms with Gasteiger partial charge in [-0.05, 0) is 41.1 Å². The topological polar surface area (TPSA) is 22.1 Å². The first-order chi connectivity index (χ1) is 11.8. The molecule has 1 heterocycles. The molecule has 0 saturated carbocycles. The largest absolute Gasteiger partial charge is 0.496 e. The second-order valence-electron chi connectivity index (χ2n) is 5.66. The van der Waals surface area contributed by atoms with Gasteiger partial charge in [0.25, 0.3) is 0 Å². The Morgan fingerprint density at radius 3 is 2.50 bits per heavy atom. The highest BCUT2D eigenvalue weighted by Gasteiger charge is 2.02. The molecular weight excluding hydrogens is 294 g/mol. The van der Waals surface area contributed by atoms with Gasteiger partial charge in [-0.25, -0.2) is 4.98 Å². The molecule has 0 atom stereocenters. The Hall–Kier alpha value is -3.13. The molecule has 1 aromatic heterocycles. The van der Waals surface area contributed by atoms with Crippen molar-refractivity contribution in [2.24, 2.45) is 0 Å². The minimum Gasteiger partial charge on any atom is -0.496 e. The van der Waals surface area contributed by atoms with E-state index in [0.29, 0.717) is 0 Å². The molecule has 0 aliphatic rings. The molecule has 0 aliphatic heterocycles. The Balaban J connectivity index is 1.75. The molecule has 2 nitrogen and oxygen atoms in total. The number of hydrogen-bond donors (Lipinski definition) is 0. The molecule has 2 heteroatoms. The molecule has 0 spiro atoms. The first-order valence-corrected chi connectivity index (χ1v) is 7.95. The lowest BCUT2D eigenvalue weighted by atomic mass is 10.0. The number of rotatable bonds is 3. The SMILES string of the molecule is COc1ccccc1C=Cc1ccc2c(ccc3ccccc32)n1. The van der Waals surface area contributed by atoms with Crippen LogP contribution < -0.4 is 4.74 Å². The van der Waals surface area contributed by atoms with E-state index < -0.39 is 0 Å². The van der Waals surface area contributed by atoms with Crippen LogP contribution in [-0.4, -0.2) is 12.1 Å². The van der Waals surface area contributed by atoms with Crippen LogP contribution in [0.3, 0.4) is 0 Å². The van der Waals surface area contributed by atoms with Gasteiger partial charge in [-0.2, -0.15) is 0 Å². The van der Waals surface area contributed by atoms with E-state index >= 15 is 0 Å². The maximum atomic E-state index is 5.38. The molecule has 0 bridgehead atoms. The van der Waals surface area contributed by atoms with Crippen molar-refractivity contribution in [1.82, 2.24) is 4.98 Å². The predicted octanol–water partition coefficient (Wildman–Crippen LogP) is 5.57. The van der Waals surface area contributed by atoms with E-state index in [2.05, 4.69) is 48.5 Å². The fraction of sp³-hybridized carbons (Fsp3) is 0.0455. The molecule has 0 amide bonds. The standard InChI is InChI=1S/C22H17NO/c1-24-22-9-5-3-7-17(22)10-12-18-13-14-20-19-8-4-2-6-16(19)11-15-21(20)23-18/h2-15H,1H3. The summed E-state index contributed by atoms with van der Waals surface area (Å²) in [5, 5.41) is 3.66. The van der Waals surface area contributed by atoms with E-state index in [1.54, 1.807) is 7.11 Å². The highest BCUT2D eigenvalue weighted by molar-refractivity contribution is 6.06. The number of para-hydroxylation sites is 1. The van der Waals surface area contributed by atoms with Gasteiger partial charge in [-0.15, -0.1) is 0 Å². The summed E-state index contributed by atoms with van der Waals surface area (Å²) in [6, 6.07) is 24.8. The predicted molar refractivity (Wildman–Crippen MR) is 101 cm³/mol.